The van der Waals surface area contributed by atoms with Crippen molar-refractivity contribution < 1.29 is 14.0 Å². The molecule has 2 aliphatic heterocycles. The van der Waals surface area contributed by atoms with E-state index in [9.17, 15) is 0 Å². The molecule has 6 rings (SSSR count). The van der Waals surface area contributed by atoms with Crippen LogP contribution in [0.25, 0.3) is 0 Å². The van der Waals surface area contributed by atoms with Gasteiger partial charge in [-0.1, -0.05) is 18.0 Å². The molecule has 0 bridgehead atoms. The minimum absolute atomic E-state index is 0.205. The van der Waals surface area contributed by atoms with E-state index in [-0.39, 0.29) is 11.5 Å². The number of nitrogens with zero attached hydrogens (tertiary/aromatic N) is 3. The van der Waals surface area contributed by atoms with E-state index in [1.54, 1.807) is 0 Å². The van der Waals surface area contributed by atoms with Gasteiger partial charge in [0, 0.05) is 23.9 Å². The topological polar surface area (TPSA) is 60.6 Å². The molecule has 2 saturated carbocycles. The van der Waals surface area contributed by atoms with E-state index in [1.807, 2.05) is 0 Å². The first-order valence-corrected chi connectivity index (χ1v) is 10.7. The summed E-state index contributed by atoms with van der Waals surface area (Å²) >= 11 is 0. The fourth-order valence-corrected chi connectivity index (χ4v) is 5.40. The van der Waals surface area contributed by atoms with Crippen molar-refractivity contribution in [2.24, 2.45) is 0 Å². The molecule has 0 saturated heterocycles. The Balaban J connectivity index is 1.36. The molecular formula is C22H27N3O3. The molecule has 1 atom stereocenters. The van der Waals surface area contributed by atoms with Gasteiger partial charge in [0.1, 0.15) is 13.2 Å². The van der Waals surface area contributed by atoms with Gasteiger partial charge in [-0.15, -0.1) is 0 Å². The first-order chi connectivity index (χ1) is 13.7. The van der Waals surface area contributed by atoms with E-state index < -0.39 is 0 Å². The second kappa shape index (κ2) is 6.21. The van der Waals surface area contributed by atoms with Crippen LogP contribution in [0.2, 0.25) is 0 Å². The zero-order valence-corrected chi connectivity index (χ0v) is 16.4. The number of aromatic nitrogens is 2. The standard InChI is InChI=1S/C22H27N3O3/c1-14-16-10-18-19(27-9-8-26-18)11-17(16)22(6-2-3-7-22)13-25(14)12-20-23-21(24-28-20)15-4-5-15/h10-11,14-15H,2-9,12-13H2,1H3/t14-/m1/s1. The van der Waals surface area contributed by atoms with Gasteiger partial charge in [-0.3, -0.25) is 4.90 Å². The fraction of sp³-hybridized carbons (Fsp3) is 0.636. The van der Waals surface area contributed by atoms with Crippen molar-refractivity contribution in [1.29, 1.82) is 0 Å². The Bertz CT molecular complexity index is 898. The molecule has 4 aliphatic rings. The van der Waals surface area contributed by atoms with Crippen LogP contribution in [0, 0.1) is 0 Å². The number of hydrogen-bond donors (Lipinski definition) is 0. The highest BCUT2D eigenvalue weighted by Gasteiger charge is 2.45. The normalized spacial score (nSPS) is 25.8. The smallest absolute Gasteiger partial charge is 0.240 e. The van der Waals surface area contributed by atoms with E-state index in [4.69, 9.17) is 14.0 Å². The molecule has 0 N–H and O–H groups in total. The van der Waals surface area contributed by atoms with Crippen LogP contribution < -0.4 is 9.47 Å². The molecule has 0 unspecified atom stereocenters. The lowest BCUT2D eigenvalue weighted by molar-refractivity contribution is 0.111. The van der Waals surface area contributed by atoms with Crippen LogP contribution in [0.15, 0.2) is 16.7 Å². The van der Waals surface area contributed by atoms with Crippen molar-refractivity contribution in [3.05, 3.63) is 35.0 Å². The average molecular weight is 381 g/mol. The number of ether oxygens (including phenoxy) is 2. The lowest BCUT2D eigenvalue weighted by Crippen LogP contribution is -2.45. The van der Waals surface area contributed by atoms with Crippen molar-refractivity contribution in [2.45, 2.75) is 69.4 Å². The molecule has 1 aromatic carbocycles. The molecular weight excluding hydrogens is 354 g/mol. The molecule has 2 fully saturated rings. The Labute approximate surface area is 165 Å². The van der Waals surface area contributed by atoms with Crippen LogP contribution in [0.4, 0.5) is 0 Å². The van der Waals surface area contributed by atoms with Crippen LogP contribution >= 0.6 is 0 Å². The van der Waals surface area contributed by atoms with Crippen molar-refractivity contribution >= 4 is 0 Å². The Kier molecular flexibility index (Phi) is 3.73. The lowest BCUT2D eigenvalue weighted by atomic mass is 9.71. The van der Waals surface area contributed by atoms with Gasteiger partial charge in [0.05, 0.1) is 6.54 Å². The van der Waals surface area contributed by atoms with E-state index in [2.05, 4.69) is 34.1 Å². The van der Waals surface area contributed by atoms with Crippen molar-refractivity contribution in [1.82, 2.24) is 15.0 Å². The van der Waals surface area contributed by atoms with Gasteiger partial charge in [0.15, 0.2) is 17.3 Å². The quantitative estimate of drug-likeness (QED) is 0.797. The molecule has 6 nitrogen and oxygen atoms in total. The van der Waals surface area contributed by atoms with Crippen LogP contribution in [0.3, 0.4) is 0 Å². The van der Waals surface area contributed by atoms with Gasteiger partial charge < -0.3 is 14.0 Å². The van der Waals surface area contributed by atoms with Crippen LogP contribution in [0.1, 0.15) is 80.3 Å². The van der Waals surface area contributed by atoms with Gasteiger partial charge in [-0.2, -0.15) is 4.98 Å². The maximum absolute atomic E-state index is 5.91. The molecule has 0 radical (unpaired) electrons. The Morgan fingerprint density at radius 3 is 2.61 bits per heavy atom. The summed E-state index contributed by atoms with van der Waals surface area (Å²) in [6.07, 6.45) is 7.45. The predicted octanol–water partition coefficient (Wildman–Crippen LogP) is 4.11. The Morgan fingerprint density at radius 1 is 1.11 bits per heavy atom. The van der Waals surface area contributed by atoms with Crippen molar-refractivity contribution in [3.63, 3.8) is 0 Å². The molecule has 2 aliphatic carbocycles. The second-order valence-electron chi connectivity index (χ2n) is 8.97. The molecule has 3 heterocycles. The van der Waals surface area contributed by atoms with E-state index >= 15 is 0 Å². The van der Waals surface area contributed by atoms with Gasteiger partial charge in [-0.05, 0) is 55.9 Å². The highest BCUT2D eigenvalue weighted by Crippen LogP contribution is 2.52. The molecule has 1 spiro atoms. The van der Waals surface area contributed by atoms with Gasteiger partial charge in [0.25, 0.3) is 0 Å². The van der Waals surface area contributed by atoms with Crippen molar-refractivity contribution in [2.75, 3.05) is 19.8 Å². The zero-order valence-electron chi connectivity index (χ0n) is 16.4. The fourth-order valence-electron chi connectivity index (χ4n) is 5.40. The third kappa shape index (κ3) is 2.65. The zero-order chi connectivity index (χ0) is 18.7. The Morgan fingerprint density at radius 2 is 1.86 bits per heavy atom. The maximum atomic E-state index is 5.91. The third-order valence-corrected chi connectivity index (χ3v) is 7.11. The first-order valence-electron chi connectivity index (χ1n) is 10.7. The summed E-state index contributed by atoms with van der Waals surface area (Å²) in [6.45, 7) is 5.31. The summed E-state index contributed by atoms with van der Waals surface area (Å²) in [5.74, 6) is 3.99. The molecule has 2 aromatic rings. The number of hydrogen-bond acceptors (Lipinski definition) is 6. The lowest BCUT2D eigenvalue weighted by Gasteiger charge is -2.46. The molecule has 148 valence electrons. The monoisotopic (exact) mass is 381 g/mol. The Hall–Kier alpha value is -2.08. The van der Waals surface area contributed by atoms with Gasteiger partial charge in [0.2, 0.25) is 5.89 Å². The minimum Gasteiger partial charge on any atom is -0.486 e. The summed E-state index contributed by atoms with van der Waals surface area (Å²) in [4.78, 5) is 7.20. The van der Waals surface area contributed by atoms with E-state index in [1.165, 1.54) is 49.7 Å². The van der Waals surface area contributed by atoms with E-state index in [0.717, 1.165) is 36.3 Å². The summed E-state index contributed by atoms with van der Waals surface area (Å²) in [7, 11) is 0. The van der Waals surface area contributed by atoms with Crippen LogP contribution in [0.5, 0.6) is 11.5 Å². The summed E-state index contributed by atoms with van der Waals surface area (Å²) in [5.41, 5.74) is 3.05. The van der Waals surface area contributed by atoms with E-state index in [0.29, 0.717) is 19.1 Å². The minimum atomic E-state index is 0.205. The largest absolute Gasteiger partial charge is 0.486 e. The van der Waals surface area contributed by atoms with Crippen molar-refractivity contribution in [3.8, 4) is 11.5 Å². The number of rotatable bonds is 3. The average Bonchev–Trinajstić information content (AvgIpc) is 3.28. The molecule has 6 heteroatoms. The highest BCUT2D eigenvalue weighted by molar-refractivity contribution is 5.53. The molecule has 28 heavy (non-hydrogen) atoms. The second-order valence-corrected chi connectivity index (χ2v) is 8.97. The van der Waals surface area contributed by atoms with Gasteiger partial charge in [-0.25, -0.2) is 0 Å². The maximum Gasteiger partial charge on any atom is 0.240 e. The number of fused-ring (bicyclic) bond motifs is 3. The van der Waals surface area contributed by atoms with Crippen LogP contribution in [-0.2, 0) is 12.0 Å². The summed E-state index contributed by atoms with van der Waals surface area (Å²) in [6, 6.07) is 4.79. The third-order valence-electron chi connectivity index (χ3n) is 7.11. The SMILES string of the molecule is C[C@@H]1c2cc3c(cc2C2(CCCC2)CN1Cc1nc(C2CC2)no1)OCCO3. The molecule has 1 aromatic heterocycles. The van der Waals surface area contributed by atoms with Crippen LogP contribution in [-0.4, -0.2) is 34.8 Å². The summed E-state index contributed by atoms with van der Waals surface area (Å²) < 4.78 is 17.4. The molecule has 0 amide bonds. The first kappa shape index (κ1) is 16.8. The number of benzene rings is 1. The predicted molar refractivity (Wildman–Crippen MR) is 103 cm³/mol. The van der Waals surface area contributed by atoms with Gasteiger partial charge >= 0.3 is 0 Å². The summed E-state index contributed by atoms with van der Waals surface area (Å²) in [5, 5.41) is 4.21. The highest BCUT2D eigenvalue weighted by atomic mass is 16.6.